The maximum absolute atomic E-state index is 14.3. The molecule has 8 heteroatoms. The quantitative estimate of drug-likeness (QED) is 0.602. The molecular formula is C20H20FN3O4. The van der Waals surface area contributed by atoms with Gasteiger partial charge in [0.2, 0.25) is 0 Å². The number of amides is 3. The molecule has 0 unspecified atom stereocenters. The van der Waals surface area contributed by atoms with Crippen molar-refractivity contribution in [2.24, 2.45) is 0 Å². The van der Waals surface area contributed by atoms with Crippen LogP contribution in [0.4, 0.5) is 15.0 Å². The first-order valence-electron chi connectivity index (χ1n) is 8.79. The Kier molecular flexibility index (Phi) is 5.88. The Morgan fingerprint density at radius 3 is 2.00 bits per heavy atom. The van der Waals surface area contributed by atoms with Crippen molar-refractivity contribution in [3.63, 3.8) is 0 Å². The number of ether oxygens (including phenoxy) is 1. The number of hydrogen-bond donors (Lipinski definition) is 0. The number of para-hydroxylation sites is 1. The van der Waals surface area contributed by atoms with Crippen LogP contribution in [0.5, 0.6) is 0 Å². The van der Waals surface area contributed by atoms with Gasteiger partial charge in [-0.25, -0.2) is 9.59 Å². The molecule has 1 aliphatic rings. The summed E-state index contributed by atoms with van der Waals surface area (Å²) < 4.78 is 19.0. The Labute approximate surface area is 161 Å². The number of carbonyl (C=O) groups excluding carboxylic acids is 3. The molecule has 0 N–H and O–H groups in total. The van der Waals surface area contributed by atoms with Gasteiger partial charge in [-0.2, -0.15) is 0 Å². The van der Waals surface area contributed by atoms with Crippen molar-refractivity contribution < 1.29 is 23.6 Å². The second-order valence-corrected chi connectivity index (χ2v) is 6.22. The highest BCUT2D eigenvalue weighted by atomic mass is 19.2. The van der Waals surface area contributed by atoms with Gasteiger partial charge in [0, 0.05) is 26.2 Å². The molecule has 7 nitrogen and oxygen atoms in total. The van der Waals surface area contributed by atoms with Crippen LogP contribution in [-0.4, -0.2) is 61.0 Å². The molecule has 0 atom stereocenters. The molecule has 0 spiro atoms. The van der Waals surface area contributed by atoms with E-state index in [1.807, 2.05) is 0 Å². The topological polar surface area (TPSA) is 70.2 Å². The van der Waals surface area contributed by atoms with Crippen LogP contribution in [0.1, 0.15) is 20.7 Å². The molecule has 28 heavy (non-hydrogen) atoms. The molecule has 3 amide bonds. The number of esters is 1. The monoisotopic (exact) mass is 385 g/mol. The van der Waals surface area contributed by atoms with Gasteiger partial charge >= 0.3 is 12.0 Å². The molecule has 1 fully saturated rings. The lowest BCUT2D eigenvalue weighted by molar-refractivity contribution is 0.0581. The second kappa shape index (κ2) is 8.51. The van der Waals surface area contributed by atoms with Gasteiger partial charge in [-0.15, -0.1) is 5.12 Å². The van der Waals surface area contributed by atoms with Gasteiger partial charge in [-0.3, -0.25) is 4.79 Å². The van der Waals surface area contributed by atoms with E-state index in [0.29, 0.717) is 0 Å². The normalized spacial score (nSPS) is 13.8. The fourth-order valence-electron chi connectivity index (χ4n) is 3.02. The highest BCUT2D eigenvalue weighted by Crippen LogP contribution is 2.18. The largest absolute Gasteiger partial charge is 0.465 e. The summed E-state index contributed by atoms with van der Waals surface area (Å²) in [5.74, 6) is -0.915. The van der Waals surface area contributed by atoms with Crippen molar-refractivity contribution in [1.29, 1.82) is 0 Å². The van der Waals surface area contributed by atoms with Gasteiger partial charge in [0.15, 0.2) is 0 Å². The third-order valence-corrected chi connectivity index (χ3v) is 4.55. The minimum Gasteiger partial charge on any atom is -0.465 e. The lowest BCUT2D eigenvalue weighted by Gasteiger charge is -2.35. The first-order valence-corrected chi connectivity index (χ1v) is 8.79. The molecule has 3 rings (SSSR count). The summed E-state index contributed by atoms with van der Waals surface area (Å²) in [6, 6.07) is 13.7. The van der Waals surface area contributed by atoms with E-state index in [0.717, 1.165) is 0 Å². The van der Waals surface area contributed by atoms with Gasteiger partial charge < -0.3 is 14.5 Å². The Balaban J connectivity index is 1.65. The summed E-state index contributed by atoms with van der Waals surface area (Å²) in [7, 11) is 1.25. The zero-order valence-electron chi connectivity index (χ0n) is 15.4. The Hall–Kier alpha value is -3.42. The van der Waals surface area contributed by atoms with Crippen molar-refractivity contribution in [3.8, 4) is 0 Å². The molecule has 2 aromatic carbocycles. The first-order chi connectivity index (χ1) is 13.5. The number of urea groups is 1. The Bertz CT molecular complexity index is 867. The fraction of sp³-hybridized carbons (Fsp3) is 0.250. The van der Waals surface area contributed by atoms with E-state index < -0.39 is 12.0 Å². The van der Waals surface area contributed by atoms with E-state index in [-0.39, 0.29) is 54.0 Å². The average Bonchev–Trinajstić information content (AvgIpc) is 2.77. The molecule has 0 bridgehead atoms. The lowest BCUT2D eigenvalue weighted by Crippen LogP contribution is -2.53. The van der Waals surface area contributed by atoms with Gasteiger partial charge in [0.05, 0.1) is 23.9 Å². The van der Waals surface area contributed by atoms with E-state index in [4.69, 9.17) is 4.74 Å². The minimum absolute atomic E-state index is 0.101. The van der Waals surface area contributed by atoms with E-state index in [2.05, 4.69) is 0 Å². The van der Waals surface area contributed by atoms with E-state index in [9.17, 15) is 18.9 Å². The highest BCUT2D eigenvalue weighted by molar-refractivity contribution is 6.05. The number of rotatable bonds is 3. The van der Waals surface area contributed by atoms with Crippen LogP contribution in [0.25, 0.3) is 0 Å². The average molecular weight is 385 g/mol. The number of anilines is 1. The summed E-state index contributed by atoms with van der Waals surface area (Å²) in [4.78, 5) is 39.9. The molecule has 0 aliphatic carbocycles. The second-order valence-electron chi connectivity index (χ2n) is 6.22. The number of methoxy groups -OCH3 is 1. The maximum Gasteiger partial charge on any atom is 0.353 e. The fourth-order valence-corrected chi connectivity index (χ4v) is 3.02. The number of halogens is 1. The molecule has 1 saturated heterocycles. The van der Waals surface area contributed by atoms with E-state index in [1.54, 1.807) is 36.4 Å². The van der Waals surface area contributed by atoms with Crippen molar-refractivity contribution in [1.82, 2.24) is 9.80 Å². The van der Waals surface area contributed by atoms with Gasteiger partial charge in [-0.1, -0.05) is 34.8 Å². The van der Waals surface area contributed by atoms with Crippen molar-refractivity contribution in [3.05, 3.63) is 65.7 Å². The SMILES string of the molecule is COC(=O)c1ccccc1C(=O)N1CCN(C(=O)N(F)c2ccccc2)CC1. The summed E-state index contributed by atoms with van der Waals surface area (Å²) in [5, 5.41) is 0.101. The third-order valence-electron chi connectivity index (χ3n) is 4.55. The van der Waals surface area contributed by atoms with Gasteiger partial charge in [0.25, 0.3) is 5.91 Å². The number of nitrogens with zero attached hydrogens (tertiary/aromatic N) is 3. The van der Waals surface area contributed by atoms with Crippen LogP contribution in [0.2, 0.25) is 0 Å². The van der Waals surface area contributed by atoms with E-state index in [1.165, 1.54) is 35.1 Å². The molecule has 0 aromatic heterocycles. The van der Waals surface area contributed by atoms with Crippen molar-refractivity contribution >= 4 is 23.6 Å². The molecular weight excluding hydrogens is 365 g/mol. The Morgan fingerprint density at radius 1 is 0.857 bits per heavy atom. The standard InChI is InChI=1S/C20H20FN3O4/c1-28-19(26)17-10-6-5-9-16(17)18(25)22-11-13-23(14-12-22)20(27)24(21)15-7-3-2-4-8-15/h2-10H,11-14H2,1H3. The van der Waals surface area contributed by atoms with Crippen LogP contribution in [-0.2, 0) is 4.74 Å². The molecule has 1 aliphatic heterocycles. The zero-order chi connectivity index (χ0) is 20.1. The summed E-state index contributed by atoms with van der Waals surface area (Å²) in [6.45, 7) is 0.863. The van der Waals surface area contributed by atoms with Gasteiger partial charge in [-0.05, 0) is 24.3 Å². The smallest absolute Gasteiger partial charge is 0.353 e. The predicted molar refractivity (Wildman–Crippen MR) is 101 cm³/mol. The predicted octanol–water partition coefficient (Wildman–Crippen LogP) is 2.74. The van der Waals surface area contributed by atoms with Gasteiger partial charge in [0.1, 0.15) is 0 Å². The molecule has 2 aromatic rings. The van der Waals surface area contributed by atoms with Crippen LogP contribution < -0.4 is 5.12 Å². The third kappa shape index (κ3) is 3.95. The highest BCUT2D eigenvalue weighted by Gasteiger charge is 2.30. The number of piperazine rings is 1. The van der Waals surface area contributed by atoms with Crippen molar-refractivity contribution in [2.75, 3.05) is 38.4 Å². The summed E-state index contributed by atoms with van der Waals surface area (Å²) in [6.07, 6.45) is 0. The first kappa shape index (κ1) is 19.3. The zero-order valence-corrected chi connectivity index (χ0v) is 15.4. The number of hydrogen-bond acceptors (Lipinski definition) is 4. The Morgan fingerprint density at radius 2 is 1.39 bits per heavy atom. The van der Waals surface area contributed by atoms with E-state index >= 15 is 0 Å². The summed E-state index contributed by atoms with van der Waals surface area (Å²) in [5.41, 5.74) is 0.580. The van der Waals surface area contributed by atoms with Crippen LogP contribution in [0, 0.1) is 0 Å². The summed E-state index contributed by atoms with van der Waals surface area (Å²) >= 11 is 0. The molecule has 1 heterocycles. The van der Waals surface area contributed by atoms with Crippen LogP contribution in [0.3, 0.4) is 0 Å². The number of benzene rings is 2. The molecule has 0 radical (unpaired) electrons. The molecule has 0 saturated carbocycles. The van der Waals surface area contributed by atoms with Crippen LogP contribution in [0.15, 0.2) is 54.6 Å². The maximum atomic E-state index is 14.3. The van der Waals surface area contributed by atoms with Crippen molar-refractivity contribution in [2.45, 2.75) is 0 Å². The van der Waals surface area contributed by atoms with Crippen LogP contribution >= 0.6 is 0 Å². The lowest BCUT2D eigenvalue weighted by atomic mass is 10.1. The number of carbonyl (C=O) groups is 3. The molecule has 146 valence electrons. The minimum atomic E-state index is -0.770.